The molecule has 1 heterocycles. The van der Waals surface area contributed by atoms with Crippen molar-refractivity contribution >= 4 is 16.9 Å². The van der Waals surface area contributed by atoms with E-state index in [2.05, 4.69) is 19.2 Å². The quantitative estimate of drug-likeness (QED) is 0.852. The first-order valence-corrected chi connectivity index (χ1v) is 8.09. The summed E-state index contributed by atoms with van der Waals surface area (Å²) in [5.74, 6) is 1.24. The summed E-state index contributed by atoms with van der Waals surface area (Å²) in [4.78, 5) is 4.74. The molecule has 1 fully saturated rings. The first-order chi connectivity index (χ1) is 8.55. The minimum atomic E-state index is -0.111. The monoisotopic (exact) mass is 270 g/mol. The third-order valence-corrected chi connectivity index (χ3v) is 5.24. The largest absolute Gasteiger partial charge is 0.374 e. The zero-order valence-corrected chi connectivity index (χ0v) is 12.7. The molecule has 0 radical (unpaired) electrons. The van der Waals surface area contributed by atoms with Gasteiger partial charge in [0.25, 0.3) is 0 Å². The van der Waals surface area contributed by atoms with E-state index in [1.165, 1.54) is 31.4 Å². The van der Waals surface area contributed by atoms with E-state index in [-0.39, 0.29) is 5.60 Å². The van der Waals surface area contributed by atoms with Gasteiger partial charge < -0.3 is 10.1 Å². The van der Waals surface area contributed by atoms with Gasteiger partial charge in [-0.25, -0.2) is 0 Å². The molecule has 3 nitrogen and oxygen atoms in total. The van der Waals surface area contributed by atoms with Crippen LogP contribution < -0.4 is 5.32 Å². The van der Waals surface area contributed by atoms with E-state index >= 15 is 0 Å². The summed E-state index contributed by atoms with van der Waals surface area (Å²) in [5, 5.41) is 4.55. The number of nitrogens with zero attached hydrogens (tertiary/aromatic N) is 1. The Bertz CT molecular complexity index is 309. The van der Waals surface area contributed by atoms with Crippen molar-refractivity contribution in [2.75, 3.05) is 25.4 Å². The SMILES string of the molecule is CCOC(C)(C)CNC1=NCC2(CCCC2)CS1. The standard InChI is InChI=1S/C14H26N2OS/c1-4-17-13(2,3)9-15-12-16-10-14(11-18-12)7-5-6-8-14/h4-11H2,1-3H3,(H,15,16). The van der Waals surface area contributed by atoms with Crippen LogP contribution in [-0.4, -0.2) is 36.2 Å². The van der Waals surface area contributed by atoms with Crippen LogP contribution in [0.3, 0.4) is 0 Å². The molecule has 1 N–H and O–H groups in total. The van der Waals surface area contributed by atoms with E-state index in [0.29, 0.717) is 5.41 Å². The van der Waals surface area contributed by atoms with Crippen molar-refractivity contribution < 1.29 is 4.74 Å². The maximum atomic E-state index is 5.69. The Morgan fingerprint density at radius 3 is 2.67 bits per heavy atom. The molecule has 0 unspecified atom stereocenters. The van der Waals surface area contributed by atoms with Crippen LogP contribution in [-0.2, 0) is 4.74 Å². The van der Waals surface area contributed by atoms with Crippen molar-refractivity contribution in [3.63, 3.8) is 0 Å². The van der Waals surface area contributed by atoms with Crippen molar-refractivity contribution in [3.8, 4) is 0 Å². The lowest BCUT2D eigenvalue weighted by molar-refractivity contribution is -0.00558. The molecule has 0 saturated heterocycles. The summed E-state index contributed by atoms with van der Waals surface area (Å²) in [6.07, 6.45) is 5.55. The van der Waals surface area contributed by atoms with Gasteiger partial charge in [-0.3, -0.25) is 4.99 Å². The number of nitrogens with one attached hydrogen (secondary N) is 1. The Morgan fingerprint density at radius 2 is 2.11 bits per heavy atom. The van der Waals surface area contributed by atoms with Crippen LogP contribution in [0.15, 0.2) is 4.99 Å². The van der Waals surface area contributed by atoms with Crippen LogP contribution >= 0.6 is 11.8 Å². The molecule has 0 aromatic heterocycles. The van der Waals surface area contributed by atoms with Crippen LogP contribution in [0.25, 0.3) is 0 Å². The first kappa shape index (κ1) is 14.2. The molecule has 0 bridgehead atoms. The van der Waals surface area contributed by atoms with Crippen LogP contribution in [0.5, 0.6) is 0 Å². The summed E-state index contributed by atoms with van der Waals surface area (Å²) in [5.41, 5.74) is 0.422. The molecule has 0 aromatic carbocycles. The van der Waals surface area contributed by atoms with E-state index in [9.17, 15) is 0 Å². The van der Waals surface area contributed by atoms with E-state index < -0.39 is 0 Å². The summed E-state index contributed by atoms with van der Waals surface area (Å²) in [6, 6.07) is 0. The third kappa shape index (κ3) is 3.64. The predicted molar refractivity (Wildman–Crippen MR) is 79.4 cm³/mol. The van der Waals surface area contributed by atoms with E-state index in [1.807, 2.05) is 18.7 Å². The number of rotatable bonds is 4. The second-order valence-electron chi connectivity index (χ2n) is 6.16. The Balaban J connectivity index is 1.80. The van der Waals surface area contributed by atoms with E-state index in [4.69, 9.17) is 9.73 Å². The van der Waals surface area contributed by atoms with Crippen molar-refractivity contribution in [1.29, 1.82) is 0 Å². The Kier molecular flexibility index (Phi) is 4.59. The molecule has 1 aliphatic heterocycles. The van der Waals surface area contributed by atoms with E-state index in [1.54, 1.807) is 0 Å². The normalized spacial score (nSPS) is 23.2. The molecule has 1 aliphatic carbocycles. The van der Waals surface area contributed by atoms with Gasteiger partial charge in [0.15, 0.2) is 5.17 Å². The molecule has 2 rings (SSSR count). The zero-order chi connectivity index (χ0) is 13.1. The first-order valence-electron chi connectivity index (χ1n) is 7.10. The Hall–Kier alpha value is -0.220. The molecule has 104 valence electrons. The number of amidine groups is 1. The lowest BCUT2D eigenvalue weighted by atomic mass is 9.89. The molecule has 18 heavy (non-hydrogen) atoms. The Morgan fingerprint density at radius 1 is 1.39 bits per heavy atom. The molecule has 1 spiro atoms. The predicted octanol–water partition coefficient (Wildman–Crippen LogP) is 3.05. The average Bonchev–Trinajstić information content (AvgIpc) is 2.77. The number of aliphatic imine (C=N–C) groups is 1. The van der Waals surface area contributed by atoms with E-state index in [0.717, 1.165) is 24.9 Å². The summed E-state index contributed by atoms with van der Waals surface area (Å²) in [6.45, 7) is 8.90. The van der Waals surface area contributed by atoms with Gasteiger partial charge in [0.1, 0.15) is 0 Å². The summed E-state index contributed by atoms with van der Waals surface area (Å²) < 4.78 is 5.69. The summed E-state index contributed by atoms with van der Waals surface area (Å²) in [7, 11) is 0. The van der Waals surface area contributed by atoms with Gasteiger partial charge in [-0.15, -0.1) is 0 Å². The lowest BCUT2D eigenvalue weighted by Crippen LogP contribution is -2.41. The average molecular weight is 270 g/mol. The van der Waals surface area contributed by atoms with Crippen LogP contribution in [0.4, 0.5) is 0 Å². The van der Waals surface area contributed by atoms with Crippen LogP contribution in [0, 0.1) is 5.41 Å². The fourth-order valence-electron chi connectivity index (χ4n) is 2.82. The highest BCUT2D eigenvalue weighted by Gasteiger charge is 2.36. The maximum Gasteiger partial charge on any atom is 0.156 e. The molecule has 0 aromatic rings. The minimum absolute atomic E-state index is 0.111. The van der Waals surface area contributed by atoms with Crippen molar-refractivity contribution in [2.24, 2.45) is 10.4 Å². The zero-order valence-electron chi connectivity index (χ0n) is 11.9. The smallest absolute Gasteiger partial charge is 0.156 e. The second kappa shape index (κ2) is 5.83. The number of hydrogen-bond donors (Lipinski definition) is 1. The highest BCUT2D eigenvalue weighted by atomic mass is 32.2. The van der Waals surface area contributed by atoms with Gasteiger partial charge in [0.2, 0.25) is 0 Å². The molecule has 2 aliphatic rings. The summed E-state index contributed by atoms with van der Waals surface area (Å²) >= 11 is 1.90. The highest BCUT2D eigenvalue weighted by molar-refractivity contribution is 8.13. The molecular weight excluding hydrogens is 244 g/mol. The lowest BCUT2D eigenvalue weighted by Gasteiger charge is -2.32. The highest BCUT2D eigenvalue weighted by Crippen LogP contribution is 2.43. The molecule has 0 atom stereocenters. The molecule has 4 heteroatoms. The van der Waals surface area contributed by atoms with Crippen molar-refractivity contribution in [3.05, 3.63) is 0 Å². The fourth-order valence-corrected chi connectivity index (χ4v) is 3.97. The molecule has 1 saturated carbocycles. The van der Waals surface area contributed by atoms with Crippen molar-refractivity contribution in [1.82, 2.24) is 5.32 Å². The van der Waals surface area contributed by atoms with Gasteiger partial charge in [-0.1, -0.05) is 24.6 Å². The molecular formula is C14H26N2OS. The van der Waals surface area contributed by atoms with Crippen molar-refractivity contribution in [2.45, 2.75) is 52.1 Å². The van der Waals surface area contributed by atoms with Crippen LogP contribution in [0.1, 0.15) is 46.5 Å². The Labute approximate surface area is 115 Å². The van der Waals surface area contributed by atoms with Gasteiger partial charge in [0, 0.05) is 25.4 Å². The number of hydrogen-bond acceptors (Lipinski definition) is 4. The number of thioether (sulfide) groups is 1. The topological polar surface area (TPSA) is 33.6 Å². The third-order valence-electron chi connectivity index (χ3n) is 3.94. The van der Waals surface area contributed by atoms with Gasteiger partial charge >= 0.3 is 0 Å². The minimum Gasteiger partial charge on any atom is -0.374 e. The van der Waals surface area contributed by atoms with Gasteiger partial charge in [-0.05, 0) is 39.0 Å². The van der Waals surface area contributed by atoms with Crippen LogP contribution in [0.2, 0.25) is 0 Å². The van der Waals surface area contributed by atoms with Gasteiger partial charge in [0.05, 0.1) is 5.60 Å². The maximum absolute atomic E-state index is 5.69. The second-order valence-corrected chi connectivity index (χ2v) is 7.13. The fraction of sp³-hybridized carbons (Fsp3) is 0.929. The molecule has 0 amide bonds. The van der Waals surface area contributed by atoms with Gasteiger partial charge in [-0.2, -0.15) is 0 Å². The number of ether oxygens (including phenoxy) is 1.